The molecule has 0 saturated heterocycles. The number of nitro groups is 1. The summed E-state index contributed by atoms with van der Waals surface area (Å²) in [5.74, 6) is 0.891. The van der Waals surface area contributed by atoms with Crippen LogP contribution in [0.25, 0.3) is 0 Å². The SMILES string of the molecule is Cc1cnc(CNCCc2nncn2C)c(C)c1[N+](=O)[O-]. The molecule has 0 aromatic carbocycles. The Morgan fingerprint density at radius 1 is 1.43 bits per heavy atom. The molecule has 2 heterocycles. The maximum absolute atomic E-state index is 11.1. The fourth-order valence-corrected chi connectivity index (χ4v) is 2.16. The van der Waals surface area contributed by atoms with Gasteiger partial charge in [0.15, 0.2) is 0 Å². The zero-order chi connectivity index (χ0) is 15.4. The molecule has 0 aliphatic rings. The van der Waals surface area contributed by atoms with Crippen molar-refractivity contribution in [3.8, 4) is 0 Å². The monoisotopic (exact) mass is 290 g/mol. The number of pyridine rings is 1. The largest absolute Gasteiger partial charge is 0.321 e. The molecule has 2 aromatic heterocycles. The third-order valence-electron chi connectivity index (χ3n) is 3.38. The molecule has 0 atom stereocenters. The Hall–Kier alpha value is -2.35. The van der Waals surface area contributed by atoms with Crippen LogP contribution in [0.1, 0.15) is 22.6 Å². The van der Waals surface area contributed by atoms with E-state index >= 15 is 0 Å². The summed E-state index contributed by atoms with van der Waals surface area (Å²) in [4.78, 5) is 15.0. The van der Waals surface area contributed by atoms with Gasteiger partial charge in [-0.15, -0.1) is 10.2 Å². The smallest absolute Gasteiger partial charge is 0.278 e. The fraction of sp³-hybridized carbons (Fsp3) is 0.462. The van der Waals surface area contributed by atoms with Gasteiger partial charge in [0.2, 0.25) is 0 Å². The third kappa shape index (κ3) is 3.40. The highest BCUT2D eigenvalue weighted by molar-refractivity contribution is 5.47. The predicted molar refractivity (Wildman–Crippen MR) is 76.8 cm³/mol. The molecule has 0 fully saturated rings. The van der Waals surface area contributed by atoms with Crippen LogP contribution in [-0.4, -0.2) is 31.2 Å². The number of rotatable bonds is 6. The Kier molecular flexibility index (Phi) is 4.59. The summed E-state index contributed by atoms with van der Waals surface area (Å²) in [6.07, 6.45) is 3.94. The van der Waals surface area contributed by atoms with Crippen molar-refractivity contribution in [3.63, 3.8) is 0 Å². The molecule has 0 spiro atoms. The Bertz CT molecular complexity index is 652. The van der Waals surface area contributed by atoms with Crippen LogP contribution in [0.2, 0.25) is 0 Å². The normalized spacial score (nSPS) is 10.8. The molecule has 0 unspecified atom stereocenters. The second-order valence-corrected chi connectivity index (χ2v) is 4.90. The lowest BCUT2D eigenvalue weighted by atomic mass is 10.1. The predicted octanol–water partition coefficient (Wildman–Crippen LogP) is 1.07. The minimum Gasteiger partial charge on any atom is -0.321 e. The molecule has 2 aromatic rings. The Morgan fingerprint density at radius 3 is 2.81 bits per heavy atom. The topological polar surface area (TPSA) is 98.8 Å². The summed E-state index contributed by atoms with van der Waals surface area (Å²) >= 11 is 0. The van der Waals surface area contributed by atoms with Crippen LogP contribution in [0.4, 0.5) is 5.69 Å². The van der Waals surface area contributed by atoms with Crippen molar-refractivity contribution >= 4 is 5.69 Å². The van der Waals surface area contributed by atoms with Crippen LogP contribution in [0, 0.1) is 24.0 Å². The molecule has 8 heteroatoms. The van der Waals surface area contributed by atoms with Crippen molar-refractivity contribution in [2.24, 2.45) is 7.05 Å². The van der Waals surface area contributed by atoms with Gasteiger partial charge in [-0.2, -0.15) is 0 Å². The van der Waals surface area contributed by atoms with Gasteiger partial charge < -0.3 is 9.88 Å². The first kappa shape index (κ1) is 15.0. The average Bonchev–Trinajstić information content (AvgIpc) is 2.82. The molecular weight excluding hydrogens is 272 g/mol. The van der Waals surface area contributed by atoms with Gasteiger partial charge >= 0.3 is 0 Å². The van der Waals surface area contributed by atoms with Crippen molar-refractivity contribution in [1.29, 1.82) is 0 Å². The van der Waals surface area contributed by atoms with Gasteiger partial charge in [-0.05, 0) is 13.8 Å². The van der Waals surface area contributed by atoms with E-state index in [1.807, 2.05) is 11.6 Å². The molecule has 0 bridgehead atoms. The number of aromatic nitrogens is 4. The molecular formula is C13H18N6O2. The lowest BCUT2D eigenvalue weighted by Gasteiger charge is -2.08. The second-order valence-electron chi connectivity index (χ2n) is 4.90. The molecule has 21 heavy (non-hydrogen) atoms. The van der Waals surface area contributed by atoms with Crippen LogP contribution >= 0.6 is 0 Å². The van der Waals surface area contributed by atoms with Gasteiger partial charge in [-0.25, -0.2) is 0 Å². The highest BCUT2D eigenvalue weighted by Gasteiger charge is 2.18. The van der Waals surface area contributed by atoms with E-state index in [1.54, 1.807) is 26.4 Å². The van der Waals surface area contributed by atoms with Gasteiger partial charge in [-0.1, -0.05) is 0 Å². The standard InChI is InChI=1S/C13H18N6O2/c1-9-6-15-11(10(2)13(9)19(20)21)7-14-5-4-12-17-16-8-18(12)3/h6,8,14H,4-5,7H2,1-3H3. The van der Waals surface area contributed by atoms with Crippen molar-refractivity contribution in [1.82, 2.24) is 25.1 Å². The summed E-state index contributed by atoms with van der Waals surface area (Å²) in [7, 11) is 1.89. The summed E-state index contributed by atoms with van der Waals surface area (Å²) in [5.41, 5.74) is 2.05. The van der Waals surface area contributed by atoms with Crippen molar-refractivity contribution in [2.45, 2.75) is 26.8 Å². The number of hydrogen-bond donors (Lipinski definition) is 1. The zero-order valence-electron chi connectivity index (χ0n) is 12.3. The van der Waals surface area contributed by atoms with Crippen LogP contribution in [0.15, 0.2) is 12.5 Å². The van der Waals surface area contributed by atoms with Gasteiger partial charge in [-0.3, -0.25) is 15.1 Å². The molecule has 0 amide bonds. The molecule has 0 saturated carbocycles. The first-order chi connectivity index (χ1) is 10.0. The third-order valence-corrected chi connectivity index (χ3v) is 3.38. The first-order valence-electron chi connectivity index (χ1n) is 6.63. The zero-order valence-corrected chi connectivity index (χ0v) is 12.3. The van der Waals surface area contributed by atoms with E-state index in [0.717, 1.165) is 12.2 Å². The van der Waals surface area contributed by atoms with Crippen LogP contribution < -0.4 is 5.32 Å². The van der Waals surface area contributed by atoms with E-state index in [4.69, 9.17) is 0 Å². The summed E-state index contributed by atoms with van der Waals surface area (Å²) in [6.45, 7) is 4.63. The van der Waals surface area contributed by atoms with E-state index in [2.05, 4.69) is 20.5 Å². The Labute approximate surface area is 122 Å². The molecule has 0 aliphatic carbocycles. The maximum atomic E-state index is 11.1. The lowest BCUT2D eigenvalue weighted by molar-refractivity contribution is -0.386. The number of hydrogen-bond acceptors (Lipinski definition) is 6. The molecule has 2 rings (SSSR count). The molecule has 8 nitrogen and oxygen atoms in total. The van der Waals surface area contributed by atoms with Crippen LogP contribution in [0.5, 0.6) is 0 Å². The molecule has 0 radical (unpaired) electrons. The average molecular weight is 290 g/mol. The molecule has 112 valence electrons. The summed E-state index contributed by atoms with van der Waals surface area (Å²) in [6, 6.07) is 0. The van der Waals surface area contributed by atoms with Crippen molar-refractivity contribution in [2.75, 3.05) is 6.54 Å². The van der Waals surface area contributed by atoms with Crippen LogP contribution in [-0.2, 0) is 20.0 Å². The second kappa shape index (κ2) is 6.40. The molecule has 0 aliphatic heterocycles. The van der Waals surface area contributed by atoms with Crippen molar-refractivity contribution < 1.29 is 4.92 Å². The van der Waals surface area contributed by atoms with Crippen LogP contribution in [0.3, 0.4) is 0 Å². The Balaban J connectivity index is 1.96. The minimum absolute atomic E-state index is 0.148. The van der Waals surface area contributed by atoms with E-state index in [-0.39, 0.29) is 10.6 Å². The maximum Gasteiger partial charge on any atom is 0.278 e. The van der Waals surface area contributed by atoms with Gasteiger partial charge in [0.05, 0.1) is 10.6 Å². The lowest BCUT2D eigenvalue weighted by Crippen LogP contribution is -2.20. The highest BCUT2D eigenvalue weighted by Crippen LogP contribution is 2.23. The van der Waals surface area contributed by atoms with Gasteiger partial charge in [0.1, 0.15) is 12.2 Å². The fourth-order valence-electron chi connectivity index (χ4n) is 2.16. The van der Waals surface area contributed by atoms with E-state index in [9.17, 15) is 10.1 Å². The van der Waals surface area contributed by atoms with E-state index < -0.39 is 0 Å². The van der Waals surface area contributed by atoms with Gasteiger partial charge in [0, 0.05) is 43.9 Å². The number of aryl methyl sites for hydroxylation is 2. The minimum atomic E-state index is -0.352. The highest BCUT2D eigenvalue weighted by atomic mass is 16.6. The van der Waals surface area contributed by atoms with Crippen molar-refractivity contribution in [3.05, 3.63) is 45.3 Å². The number of nitrogens with zero attached hydrogens (tertiary/aromatic N) is 5. The quantitative estimate of drug-likeness (QED) is 0.485. The Morgan fingerprint density at radius 2 is 2.19 bits per heavy atom. The van der Waals surface area contributed by atoms with E-state index in [0.29, 0.717) is 29.9 Å². The van der Waals surface area contributed by atoms with E-state index in [1.165, 1.54) is 0 Å². The first-order valence-corrected chi connectivity index (χ1v) is 6.63. The summed E-state index contributed by atoms with van der Waals surface area (Å²) in [5, 5.41) is 22.1. The molecule has 1 N–H and O–H groups in total. The van der Waals surface area contributed by atoms with Gasteiger partial charge in [0.25, 0.3) is 5.69 Å². The number of nitrogens with one attached hydrogen (secondary N) is 1. The summed E-state index contributed by atoms with van der Waals surface area (Å²) < 4.78 is 1.86.